The Balaban J connectivity index is 1.35. The lowest BCUT2D eigenvalue weighted by Gasteiger charge is -2.14. The molecule has 0 radical (unpaired) electrons. The van der Waals surface area contributed by atoms with E-state index in [9.17, 15) is 0 Å². The molecule has 206 valence electrons. The lowest BCUT2D eigenvalue weighted by molar-refractivity contribution is 1.18. The molecule has 0 aliphatic carbocycles. The van der Waals surface area contributed by atoms with Crippen molar-refractivity contribution in [1.82, 2.24) is 4.57 Å². The van der Waals surface area contributed by atoms with Crippen molar-refractivity contribution in [2.45, 2.75) is 6.92 Å². The molecule has 6 aromatic carbocycles. The molecule has 0 aliphatic heterocycles. The largest absolute Gasteiger partial charge is 0.359 e. The zero-order valence-electron chi connectivity index (χ0n) is 24.2. The van der Waals surface area contributed by atoms with E-state index >= 15 is 0 Å². The van der Waals surface area contributed by atoms with Crippen LogP contribution in [0.2, 0.25) is 0 Å². The molecule has 0 atom stereocenters. The first-order chi connectivity index (χ1) is 21.2. The summed E-state index contributed by atoms with van der Waals surface area (Å²) in [5.74, 6) is 0. The molecule has 0 aliphatic rings. The van der Waals surface area contributed by atoms with E-state index in [0.717, 1.165) is 28.2 Å². The fraction of sp³-hybridized carbons (Fsp3) is 0.0244. The lowest BCUT2D eigenvalue weighted by Crippen LogP contribution is -1.99. The van der Waals surface area contributed by atoms with Crippen molar-refractivity contribution in [3.63, 3.8) is 0 Å². The fourth-order valence-electron chi connectivity index (χ4n) is 6.04. The molecule has 0 saturated heterocycles. The molecule has 0 saturated carbocycles. The Kier molecular flexibility index (Phi) is 6.94. The maximum Gasteiger partial charge on any atom is 0.0547 e. The van der Waals surface area contributed by atoms with Crippen LogP contribution in [-0.2, 0) is 0 Å². The maximum absolute atomic E-state index is 4.14. The Morgan fingerprint density at radius 3 is 1.98 bits per heavy atom. The van der Waals surface area contributed by atoms with Gasteiger partial charge < -0.3 is 9.88 Å². The van der Waals surface area contributed by atoms with E-state index in [1.807, 2.05) is 24.3 Å². The van der Waals surface area contributed by atoms with Gasteiger partial charge in [0.2, 0.25) is 0 Å². The van der Waals surface area contributed by atoms with Gasteiger partial charge in [0, 0.05) is 33.4 Å². The van der Waals surface area contributed by atoms with Gasteiger partial charge in [0.1, 0.15) is 0 Å². The van der Waals surface area contributed by atoms with Crippen molar-refractivity contribution in [3.05, 3.63) is 176 Å². The fourth-order valence-corrected chi connectivity index (χ4v) is 6.04. The highest BCUT2D eigenvalue weighted by atomic mass is 15.0. The third kappa shape index (κ3) is 5.05. The van der Waals surface area contributed by atoms with E-state index in [1.165, 1.54) is 44.1 Å². The highest BCUT2D eigenvalue weighted by Gasteiger charge is 2.14. The molecular weight excluding hydrogens is 520 g/mol. The number of rotatable bonds is 7. The highest BCUT2D eigenvalue weighted by Crippen LogP contribution is 2.36. The minimum Gasteiger partial charge on any atom is -0.359 e. The van der Waals surface area contributed by atoms with Gasteiger partial charge in [-0.25, -0.2) is 0 Å². The summed E-state index contributed by atoms with van der Waals surface area (Å²) in [7, 11) is 0. The van der Waals surface area contributed by atoms with Crippen LogP contribution in [0.25, 0.3) is 55.3 Å². The smallest absolute Gasteiger partial charge is 0.0547 e. The standard InChI is InChI=1S/C41H32N2/c1-3-37(29(2)42-35-19-8-5-9-20-35)34-18-12-16-31(26-34)33-24-25-39-38-22-10-11-23-40(38)43(41(39)28-33)36-21-13-17-32(27-36)30-14-6-4-7-15-30/h3-28,42H,1H2,2H3/b37-29-. The summed E-state index contributed by atoms with van der Waals surface area (Å²) < 4.78 is 2.40. The molecule has 2 heteroatoms. The number of benzene rings is 6. The Morgan fingerprint density at radius 2 is 1.19 bits per heavy atom. The molecule has 2 nitrogen and oxygen atoms in total. The SMILES string of the molecule is C=C/C(=C(\C)Nc1ccccc1)c1cccc(-c2ccc3c4ccccc4n(-c4cccc(-c5ccccc5)c4)c3c2)c1. The first kappa shape index (κ1) is 26.3. The van der Waals surface area contributed by atoms with E-state index in [2.05, 4.69) is 157 Å². The summed E-state index contributed by atoms with van der Waals surface area (Å²) in [4.78, 5) is 0. The summed E-state index contributed by atoms with van der Waals surface area (Å²) in [6, 6.07) is 53.9. The number of fused-ring (bicyclic) bond motifs is 3. The van der Waals surface area contributed by atoms with Crippen molar-refractivity contribution >= 4 is 33.1 Å². The zero-order valence-corrected chi connectivity index (χ0v) is 24.2. The summed E-state index contributed by atoms with van der Waals surface area (Å²) in [6.45, 7) is 6.24. The molecule has 1 N–H and O–H groups in total. The third-order valence-electron chi connectivity index (χ3n) is 8.11. The van der Waals surface area contributed by atoms with Gasteiger partial charge >= 0.3 is 0 Å². The Hall–Kier alpha value is -5.60. The Bertz CT molecular complexity index is 2110. The van der Waals surface area contributed by atoms with E-state index in [1.54, 1.807) is 0 Å². The Labute approximate surface area is 252 Å². The summed E-state index contributed by atoms with van der Waals surface area (Å²) >= 11 is 0. The van der Waals surface area contributed by atoms with E-state index in [0.29, 0.717) is 0 Å². The number of hydrogen-bond acceptors (Lipinski definition) is 1. The summed E-state index contributed by atoms with van der Waals surface area (Å²) in [6.07, 6.45) is 1.94. The first-order valence-corrected chi connectivity index (χ1v) is 14.6. The lowest BCUT2D eigenvalue weighted by atomic mass is 9.97. The molecule has 0 spiro atoms. The van der Waals surface area contributed by atoms with Gasteiger partial charge in [-0.2, -0.15) is 0 Å². The minimum atomic E-state index is 1.06. The van der Waals surface area contributed by atoms with E-state index in [4.69, 9.17) is 0 Å². The molecular formula is C41H32N2. The van der Waals surface area contributed by atoms with Crippen molar-refractivity contribution in [2.24, 2.45) is 0 Å². The molecule has 7 rings (SSSR count). The van der Waals surface area contributed by atoms with Crippen molar-refractivity contribution < 1.29 is 0 Å². The predicted molar refractivity (Wildman–Crippen MR) is 185 cm³/mol. The minimum absolute atomic E-state index is 1.06. The second-order valence-electron chi connectivity index (χ2n) is 10.8. The quantitative estimate of drug-likeness (QED) is 0.195. The van der Waals surface area contributed by atoms with Crippen LogP contribution in [0.5, 0.6) is 0 Å². The summed E-state index contributed by atoms with van der Waals surface area (Å²) in [5.41, 5.74) is 12.6. The molecule has 43 heavy (non-hydrogen) atoms. The van der Waals surface area contributed by atoms with Gasteiger partial charge in [0.25, 0.3) is 0 Å². The number of nitrogens with one attached hydrogen (secondary N) is 1. The average Bonchev–Trinajstić information content (AvgIpc) is 3.40. The van der Waals surface area contributed by atoms with E-state index in [-0.39, 0.29) is 0 Å². The van der Waals surface area contributed by atoms with Crippen LogP contribution in [0.15, 0.2) is 170 Å². The number of aromatic nitrogens is 1. The van der Waals surface area contributed by atoms with Gasteiger partial charge in [-0.1, -0.05) is 122 Å². The van der Waals surface area contributed by atoms with E-state index < -0.39 is 0 Å². The van der Waals surface area contributed by atoms with Crippen LogP contribution >= 0.6 is 0 Å². The second kappa shape index (κ2) is 11.3. The topological polar surface area (TPSA) is 17.0 Å². The van der Waals surface area contributed by atoms with Gasteiger partial charge in [0.15, 0.2) is 0 Å². The second-order valence-corrected chi connectivity index (χ2v) is 10.8. The van der Waals surface area contributed by atoms with Crippen LogP contribution in [0.3, 0.4) is 0 Å². The van der Waals surface area contributed by atoms with Crippen LogP contribution in [0, 0.1) is 0 Å². The van der Waals surface area contributed by atoms with Gasteiger partial charge in [0.05, 0.1) is 11.0 Å². The normalized spacial score (nSPS) is 11.8. The number of hydrogen-bond donors (Lipinski definition) is 1. The molecule has 0 unspecified atom stereocenters. The molecule has 0 fully saturated rings. The zero-order chi connectivity index (χ0) is 29.2. The Morgan fingerprint density at radius 1 is 0.558 bits per heavy atom. The van der Waals surface area contributed by atoms with Crippen molar-refractivity contribution in [1.29, 1.82) is 0 Å². The molecule has 7 aromatic rings. The molecule has 1 heterocycles. The number of allylic oxidation sites excluding steroid dienone is 3. The van der Waals surface area contributed by atoms with Gasteiger partial charge in [-0.3, -0.25) is 0 Å². The third-order valence-corrected chi connectivity index (χ3v) is 8.11. The van der Waals surface area contributed by atoms with Crippen LogP contribution in [0.1, 0.15) is 12.5 Å². The molecule has 0 bridgehead atoms. The van der Waals surface area contributed by atoms with Crippen LogP contribution < -0.4 is 5.32 Å². The average molecular weight is 553 g/mol. The number of para-hydroxylation sites is 2. The number of nitrogens with zero attached hydrogens (tertiary/aromatic N) is 1. The summed E-state index contributed by atoms with van der Waals surface area (Å²) in [5, 5.41) is 6.03. The van der Waals surface area contributed by atoms with Crippen LogP contribution in [0.4, 0.5) is 5.69 Å². The van der Waals surface area contributed by atoms with Crippen molar-refractivity contribution in [3.8, 4) is 27.9 Å². The van der Waals surface area contributed by atoms with Crippen LogP contribution in [-0.4, -0.2) is 4.57 Å². The van der Waals surface area contributed by atoms with Gasteiger partial charge in [-0.05, 0) is 77.2 Å². The molecule has 0 amide bonds. The maximum atomic E-state index is 4.14. The predicted octanol–water partition coefficient (Wildman–Crippen LogP) is 11.1. The highest BCUT2D eigenvalue weighted by molar-refractivity contribution is 6.10. The molecule has 1 aromatic heterocycles. The van der Waals surface area contributed by atoms with Crippen molar-refractivity contribution in [2.75, 3.05) is 5.32 Å². The number of anilines is 1. The first-order valence-electron chi connectivity index (χ1n) is 14.6. The van der Waals surface area contributed by atoms with Gasteiger partial charge in [-0.15, -0.1) is 0 Å². The monoisotopic (exact) mass is 552 g/mol.